The summed E-state index contributed by atoms with van der Waals surface area (Å²) in [5.74, 6) is 0.282. The van der Waals surface area contributed by atoms with Crippen molar-refractivity contribution < 1.29 is 4.79 Å². The average Bonchev–Trinajstić information content (AvgIpc) is 2.57. The maximum atomic E-state index is 13.5. The third kappa shape index (κ3) is 1.82. The molecule has 0 unspecified atom stereocenters. The van der Waals surface area contributed by atoms with Gasteiger partial charge in [-0.15, -0.1) is 0 Å². The fourth-order valence-electron chi connectivity index (χ4n) is 5.85. The molecule has 2 heteroatoms. The van der Waals surface area contributed by atoms with Crippen LogP contribution in [0.2, 0.25) is 0 Å². The second-order valence-corrected chi connectivity index (χ2v) is 10.5. The summed E-state index contributed by atoms with van der Waals surface area (Å²) in [6.45, 7) is 17.8. The van der Waals surface area contributed by atoms with Gasteiger partial charge in [0.1, 0.15) is 0 Å². The van der Waals surface area contributed by atoms with Gasteiger partial charge in [-0.1, -0.05) is 67.6 Å². The van der Waals surface area contributed by atoms with Gasteiger partial charge in [-0.25, -0.2) is 0 Å². The van der Waals surface area contributed by atoms with Crippen molar-refractivity contribution in [3.05, 3.63) is 22.3 Å². The summed E-state index contributed by atoms with van der Waals surface area (Å²) >= 11 is 5.97. The van der Waals surface area contributed by atoms with Gasteiger partial charge >= 0.3 is 0 Å². The van der Waals surface area contributed by atoms with Crippen LogP contribution in [-0.4, -0.2) is 10.6 Å². The molecule has 0 aromatic carbocycles. The predicted octanol–water partition coefficient (Wildman–Crippen LogP) is 5.44. The molecule has 0 fully saturated rings. The van der Waals surface area contributed by atoms with Crippen molar-refractivity contribution in [2.24, 2.45) is 21.7 Å². The van der Waals surface area contributed by atoms with Crippen LogP contribution < -0.4 is 0 Å². The van der Waals surface area contributed by atoms with Crippen LogP contribution in [0.15, 0.2) is 22.3 Å². The Labute approximate surface area is 140 Å². The van der Waals surface area contributed by atoms with Crippen LogP contribution in [0.1, 0.15) is 68.2 Å². The Morgan fingerprint density at radius 1 is 0.636 bits per heavy atom. The van der Waals surface area contributed by atoms with Crippen LogP contribution in [-0.2, 0) is 4.79 Å². The molecule has 0 saturated carbocycles. The van der Waals surface area contributed by atoms with Gasteiger partial charge in [0.2, 0.25) is 0 Å². The van der Waals surface area contributed by atoms with Gasteiger partial charge in [0, 0.05) is 16.0 Å². The smallest absolute Gasteiger partial charge is 0.186 e. The molecule has 0 aromatic rings. The van der Waals surface area contributed by atoms with Gasteiger partial charge in [0.25, 0.3) is 0 Å². The Kier molecular flexibility index (Phi) is 2.93. The molecule has 3 aliphatic rings. The van der Waals surface area contributed by atoms with Crippen molar-refractivity contribution in [2.45, 2.75) is 68.2 Å². The molecule has 0 amide bonds. The molecule has 0 heterocycles. The van der Waals surface area contributed by atoms with Crippen LogP contribution in [0.4, 0.5) is 0 Å². The maximum Gasteiger partial charge on any atom is 0.186 e. The van der Waals surface area contributed by atoms with Gasteiger partial charge in [-0.2, -0.15) is 0 Å². The molecular formula is C20H28OS. The van der Waals surface area contributed by atoms with Crippen LogP contribution in [0.25, 0.3) is 0 Å². The third-order valence-corrected chi connectivity index (χ3v) is 6.29. The zero-order chi connectivity index (χ0) is 16.9. The predicted molar refractivity (Wildman–Crippen MR) is 96.0 cm³/mol. The molecule has 0 saturated heterocycles. The standard InChI is InChI=1S/C20H28OS/c1-17(2)9-19(5,6)13-11(17)15(21)12-14(16(13)22)20(7,8)10-18(12,3)4/h9-10H2,1-8H3. The highest BCUT2D eigenvalue weighted by Crippen LogP contribution is 2.63. The van der Waals surface area contributed by atoms with Crippen LogP contribution >= 0.6 is 12.2 Å². The number of carbonyl (C=O) groups is 1. The van der Waals surface area contributed by atoms with Gasteiger partial charge in [-0.05, 0) is 45.6 Å². The molecule has 1 nitrogen and oxygen atoms in total. The molecular weight excluding hydrogens is 288 g/mol. The van der Waals surface area contributed by atoms with E-state index in [0.29, 0.717) is 0 Å². The van der Waals surface area contributed by atoms with Gasteiger partial charge in [-0.3, -0.25) is 4.79 Å². The summed E-state index contributed by atoms with van der Waals surface area (Å²) in [6, 6.07) is 0. The lowest BCUT2D eigenvalue weighted by atomic mass is 9.71. The Bertz CT molecular complexity index is 568. The lowest BCUT2D eigenvalue weighted by Crippen LogP contribution is -2.31. The van der Waals surface area contributed by atoms with E-state index in [-0.39, 0.29) is 27.4 Å². The molecule has 120 valence electrons. The van der Waals surface area contributed by atoms with Crippen molar-refractivity contribution in [2.75, 3.05) is 0 Å². The lowest BCUT2D eigenvalue weighted by molar-refractivity contribution is -0.114. The largest absolute Gasteiger partial charge is 0.289 e. The molecule has 3 aliphatic carbocycles. The number of hydrogen-bond acceptors (Lipinski definition) is 2. The summed E-state index contributed by atoms with van der Waals surface area (Å²) in [5, 5.41) is 0. The second-order valence-electron chi connectivity index (χ2n) is 10.0. The van der Waals surface area contributed by atoms with Crippen LogP contribution in [0.3, 0.4) is 0 Å². The van der Waals surface area contributed by atoms with Gasteiger partial charge in [0.15, 0.2) is 5.78 Å². The molecule has 0 spiro atoms. The lowest BCUT2D eigenvalue weighted by Gasteiger charge is -2.32. The Morgan fingerprint density at radius 2 is 0.909 bits per heavy atom. The Hall–Kier alpha value is -0.760. The number of Topliss-reactive ketones (excluding diaryl/α,β-unsaturated/α-hetero) is 1. The zero-order valence-electron chi connectivity index (χ0n) is 15.2. The number of allylic oxidation sites excluding steroid dienone is 4. The molecule has 0 aliphatic heterocycles. The van der Waals surface area contributed by atoms with Gasteiger partial charge < -0.3 is 0 Å². The van der Waals surface area contributed by atoms with Crippen LogP contribution in [0, 0.1) is 21.7 Å². The van der Waals surface area contributed by atoms with Crippen molar-refractivity contribution in [1.29, 1.82) is 0 Å². The summed E-state index contributed by atoms with van der Waals surface area (Å²) in [5.41, 5.74) is 4.17. The molecule has 22 heavy (non-hydrogen) atoms. The number of thiocarbonyl (C=S) groups is 1. The number of ketones is 1. The summed E-state index contributed by atoms with van der Waals surface area (Å²) in [7, 11) is 0. The first kappa shape index (κ1) is 16.1. The Balaban J connectivity index is 2.31. The first-order valence-corrected chi connectivity index (χ1v) is 8.73. The summed E-state index contributed by atoms with van der Waals surface area (Å²) in [6.07, 6.45) is 2.00. The minimum absolute atomic E-state index is 0.00702. The first-order valence-electron chi connectivity index (χ1n) is 8.32. The number of carbonyl (C=O) groups excluding carboxylic acids is 1. The van der Waals surface area contributed by atoms with Gasteiger partial charge in [0.05, 0.1) is 0 Å². The van der Waals surface area contributed by atoms with E-state index in [2.05, 4.69) is 55.4 Å². The molecule has 0 aromatic heterocycles. The topological polar surface area (TPSA) is 17.1 Å². The monoisotopic (exact) mass is 316 g/mol. The summed E-state index contributed by atoms with van der Waals surface area (Å²) < 4.78 is 0. The van der Waals surface area contributed by atoms with E-state index >= 15 is 0 Å². The minimum atomic E-state index is -0.0820. The number of hydrogen-bond donors (Lipinski definition) is 0. The SMILES string of the molecule is CC1(C)CC(C)(C)C2=C1C(=O)C1=C(C2=S)C(C)(C)CC1(C)C. The third-order valence-electron chi connectivity index (χ3n) is 5.88. The average molecular weight is 317 g/mol. The van der Waals surface area contributed by atoms with E-state index in [1.807, 2.05) is 0 Å². The molecule has 0 N–H and O–H groups in total. The minimum Gasteiger partial charge on any atom is -0.289 e. The highest BCUT2D eigenvalue weighted by Gasteiger charge is 2.57. The Morgan fingerprint density at radius 3 is 1.23 bits per heavy atom. The fraction of sp³-hybridized carbons (Fsp3) is 0.700. The van der Waals surface area contributed by atoms with Crippen LogP contribution in [0.5, 0.6) is 0 Å². The summed E-state index contributed by atoms with van der Waals surface area (Å²) in [4.78, 5) is 14.4. The normalized spacial score (nSPS) is 30.7. The van der Waals surface area contributed by atoms with E-state index in [1.165, 1.54) is 11.1 Å². The molecule has 0 atom stereocenters. The highest BCUT2D eigenvalue weighted by molar-refractivity contribution is 7.81. The fourth-order valence-corrected chi connectivity index (χ4v) is 6.61. The van der Waals surface area contributed by atoms with E-state index in [1.54, 1.807) is 0 Å². The molecule has 3 rings (SSSR count). The first-order chi connectivity index (χ1) is 9.72. The van der Waals surface area contributed by atoms with Crippen molar-refractivity contribution >= 4 is 22.9 Å². The highest BCUT2D eigenvalue weighted by atomic mass is 32.1. The number of rotatable bonds is 0. The molecule has 0 radical (unpaired) electrons. The van der Waals surface area contributed by atoms with Crippen molar-refractivity contribution in [3.8, 4) is 0 Å². The molecule has 0 bridgehead atoms. The second kappa shape index (κ2) is 4.01. The van der Waals surface area contributed by atoms with Crippen molar-refractivity contribution in [1.82, 2.24) is 0 Å². The van der Waals surface area contributed by atoms with E-state index < -0.39 is 0 Å². The van der Waals surface area contributed by atoms with E-state index in [0.717, 1.165) is 28.9 Å². The van der Waals surface area contributed by atoms with Crippen molar-refractivity contribution in [3.63, 3.8) is 0 Å². The van der Waals surface area contributed by atoms with E-state index in [4.69, 9.17) is 12.2 Å². The quantitative estimate of drug-likeness (QED) is 0.553. The maximum absolute atomic E-state index is 13.5. The van der Waals surface area contributed by atoms with E-state index in [9.17, 15) is 4.79 Å². The zero-order valence-corrected chi connectivity index (χ0v) is 16.0.